The normalized spacial score (nSPS) is 24.8. The highest BCUT2D eigenvalue weighted by molar-refractivity contribution is 9.11. The Morgan fingerprint density at radius 3 is 2.32 bits per heavy atom. The molecule has 106 valence electrons. The van der Waals surface area contributed by atoms with Crippen molar-refractivity contribution in [3.63, 3.8) is 0 Å². The van der Waals surface area contributed by atoms with Crippen molar-refractivity contribution in [3.05, 3.63) is 21.1 Å². The van der Waals surface area contributed by atoms with Gasteiger partial charge in [0.1, 0.15) is 4.90 Å². The maximum atomic E-state index is 12.6. The number of rotatable bonds is 2. The van der Waals surface area contributed by atoms with E-state index in [1.807, 2.05) is 0 Å². The molecule has 1 aliphatic rings. The SMILES string of the molecule is CC1(O)CCN(S(=O)(=O)c2c(Br)cc(N)cc2Br)C1. The van der Waals surface area contributed by atoms with E-state index < -0.39 is 15.6 Å². The van der Waals surface area contributed by atoms with E-state index in [1.54, 1.807) is 19.1 Å². The van der Waals surface area contributed by atoms with Crippen LogP contribution in [0.25, 0.3) is 0 Å². The molecule has 1 heterocycles. The number of hydrogen-bond acceptors (Lipinski definition) is 4. The van der Waals surface area contributed by atoms with Gasteiger partial charge >= 0.3 is 0 Å². The van der Waals surface area contributed by atoms with Gasteiger partial charge in [0.15, 0.2) is 0 Å². The van der Waals surface area contributed by atoms with Crippen LogP contribution in [0.4, 0.5) is 5.69 Å². The molecule has 8 heteroatoms. The predicted molar refractivity (Wildman–Crippen MR) is 80.3 cm³/mol. The minimum absolute atomic E-state index is 0.0958. The first-order valence-electron chi connectivity index (χ1n) is 5.60. The molecular weight excluding hydrogens is 400 g/mol. The standard InChI is InChI=1S/C11H14Br2N2O3S/c1-11(16)2-3-15(6-11)19(17,18)10-8(12)4-7(14)5-9(10)13/h4-5,16H,2-3,6,14H2,1H3. The minimum Gasteiger partial charge on any atom is -0.399 e. The molecule has 1 aromatic rings. The fourth-order valence-electron chi connectivity index (χ4n) is 2.06. The molecule has 1 atom stereocenters. The molecule has 0 aromatic heterocycles. The average Bonchev–Trinajstić information content (AvgIpc) is 2.57. The van der Waals surface area contributed by atoms with Gasteiger partial charge in [0, 0.05) is 27.7 Å². The molecule has 0 spiro atoms. The Hall–Kier alpha value is -0.150. The maximum Gasteiger partial charge on any atom is 0.245 e. The first-order valence-corrected chi connectivity index (χ1v) is 8.63. The van der Waals surface area contributed by atoms with E-state index in [-0.39, 0.29) is 11.4 Å². The second-order valence-electron chi connectivity index (χ2n) is 4.90. The summed E-state index contributed by atoms with van der Waals surface area (Å²) in [5.74, 6) is 0. The predicted octanol–water partition coefficient (Wildman–Crippen LogP) is 1.94. The second kappa shape index (κ2) is 5.00. The van der Waals surface area contributed by atoms with Crippen LogP contribution in [-0.4, -0.2) is 36.5 Å². The monoisotopic (exact) mass is 412 g/mol. The smallest absolute Gasteiger partial charge is 0.245 e. The number of halogens is 2. The Bertz CT molecular complexity index is 593. The van der Waals surface area contributed by atoms with E-state index in [0.29, 0.717) is 27.6 Å². The summed E-state index contributed by atoms with van der Waals surface area (Å²) in [6.07, 6.45) is 0.427. The molecule has 0 bridgehead atoms. The molecule has 5 nitrogen and oxygen atoms in total. The molecule has 0 radical (unpaired) electrons. The van der Waals surface area contributed by atoms with Crippen molar-refractivity contribution in [3.8, 4) is 0 Å². The number of nitrogens with two attached hydrogens (primary N) is 1. The molecule has 0 amide bonds. The van der Waals surface area contributed by atoms with Crippen molar-refractivity contribution in [1.82, 2.24) is 4.31 Å². The van der Waals surface area contributed by atoms with Crippen molar-refractivity contribution >= 4 is 47.6 Å². The first-order chi connectivity index (χ1) is 8.63. The van der Waals surface area contributed by atoms with Crippen molar-refractivity contribution in [1.29, 1.82) is 0 Å². The lowest BCUT2D eigenvalue weighted by Gasteiger charge is -2.20. The van der Waals surface area contributed by atoms with Crippen LogP contribution in [0.15, 0.2) is 26.0 Å². The van der Waals surface area contributed by atoms with Crippen molar-refractivity contribution < 1.29 is 13.5 Å². The van der Waals surface area contributed by atoms with Gasteiger partial charge in [-0.1, -0.05) is 0 Å². The molecule has 3 N–H and O–H groups in total. The summed E-state index contributed by atoms with van der Waals surface area (Å²) in [6.45, 7) is 2.03. The summed E-state index contributed by atoms with van der Waals surface area (Å²) in [5.41, 5.74) is 5.15. The van der Waals surface area contributed by atoms with Gasteiger partial charge in [0.05, 0.1) is 5.60 Å². The van der Waals surface area contributed by atoms with Gasteiger partial charge in [-0.2, -0.15) is 4.31 Å². The number of nitrogens with zero attached hydrogens (tertiary/aromatic N) is 1. The summed E-state index contributed by atoms with van der Waals surface area (Å²) in [5, 5.41) is 9.91. The third kappa shape index (κ3) is 2.97. The Kier molecular flexibility index (Phi) is 4.01. The third-order valence-corrected chi connectivity index (χ3v) is 6.76. The zero-order chi connectivity index (χ0) is 14.4. The number of sulfonamides is 1. The molecule has 1 aromatic carbocycles. The molecule has 1 saturated heterocycles. The summed E-state index contributed by atoms with van der Waals surface area (Å²) in [6, 6.07) is 3.09. The van der Waals surface area contributed by atoms with Crippen LogP contribution in [0.1, 0.15) is 13.3 Å². The summed E-state index contributed by atoms with van der Waals surface area (Å²) in [7, 11) is -3.66. The van der Waals surface area contributed by atoms with Crippen molar-refractivity contribution in [2.24, 2.45) is 0 Å². The average molecular weight is 414 g/mol. The highest BCUT2D eigenvalue weighted by atomic mass is 79.9. The topological polar surface area (TPSA) is 83.6 Å². The van der Waals surface area contributed by atoms with Crippen molar-refractivity contribution in [2.45, 2.75) is 23.8 Å². The van der Waals surface area contributed by atoms with Crippen LogP contribution in [0, 0.1) is 0 Å². The Labute approximate surface area is 129 Å². The zero-order valence-corrected chi connectivity index (χ0v) is 14.2. The van der Waals surface area contributed by atoms with E-state index in [0.717, 1.165) is 0 Å². The largest absolute Gasteiger partial charge is 0.399 e. The highest BCUT2D eigenvalue weighted by Gasteiger charge is 2.39. The maximum absolute atomic E-state index is 12.6. The Morgan fingerprint density at radius 1 is 1.37 bits per heavy atom. The Morgan fingerprint density at radius 2 is 1.89 bits per heavy atom. The summed E-state index contributed by atoms with van der Waals surface area (Å²) >= 11 is 6.46. The molecule has 19 heavy (non-hydrogen) atoms. The van der Waals surface area contributed by atoms with Crippen LogP contribution in [0.2, 0.25) is 0 Å². The van der Waals surface area contributed by atoms with E-state index in [2.05, 4.69) is 31.9 Å². The number of anilines is 1. The molecule has 0 saturated carbocycles. The van der Waals surface area contributed by atoms with E-state index in [4.69, 9.17) is 5.73 Å². The minimum atomic E-state index is -3.66. The van der Waals surface area contributed by atoms with Crippen LogP contribution < -0.4 is 5.73 Å². The lowest BCUT2D eigenvalue weighted by atomic mass is 10.1. The van der Waals surface area contributed by atoms with Crippen molar-refractivity contribution in [2.75, 3.05) is 18.8 Å². The molecule has 1 unspecified atom stereocenters. The Balaban J connectivity index is 2.47. The fraction of sp³-hybridized carbons (Fsp3) is 0.455. The summed E-state index contributed by atoms with van der Waals surface area (Å²) in [4.78, 5) is 0.138. The van der Waals surface area contributed by atoms with Gasteiger partial charge in [-0.25, -0.2) is 8.42 Å². The van der Waals surface area contributed by atoms with E-state index in [1.165, 1.54) is 4.31 Å². The zero-order valence-electron chi connectivity index (χ0n) is 10.2. The number of benzene rings is 1. The van der Waals surface area contributed by atoms with Gasteiger partial charge in [-0.05, 0) is 57.3 Å². The van der Waals surface area contributed by atoms with Gasteiger partial charge in [-0.15, -0.1) is 0 Å². The number of hydrogen-bond donors (Lipinski definition) is 2. The van der Waals surface area contributed by atoms with E-state index >= 15 is 0 Å². The molecule has 2 rings (SSSR count). The fourth-order valence-corrected chi connectivity index (χ4v) is 6.16. The first kappa shape index (κ1) is 15.2. The van der Waals surface area contributed by atoms with Crippen LogP contribution in [0.5, 0.6) is 0 Å². The van der Waals surface area contributed by atoms with Gasteiger partial charge in [0.25, 0.3) is 0 Å². The lowest BCUT2D eigenvalue weighted by Crippen LogP contribution is -2.34. The molecular formula is C11H14Br2N2O3S. The number of aliphatic hydroxyl groups is 1. The van der Waals surface area contributed by atoms with E-state index in [9.17, 15) is 13.5 Å². The van der Waals surface area contributed by atoms with Gasteiger partial charge in [-0.3, -0.25) is 0 Å². The molecule has 1 aliphatic heterocycles. The number of nitrogen functional groups attached to an aromatic ring is 1. The molecule has 0 aliphatic carbocycles. The third-order valence-electron chi connectivity index (χ3n) is 3.04. The van der Waals surface area contributed by atoms with Gasteiger partial charge < -0.3 is 10.8 Å². The van der Waals surface area contributed by atoms with Crippen LogP contribution in [0.3, 0.4) is 0 Å². The lowest BCUT2D eigenvalue weighted by molar-refractivity contribution is 0.0762. The number of β-amino-alcohol motifs (C(OH)–C–C–N with tert-alkyl or cyclic N) is 1. The highest BCUT2D eigenvalue weighted by Crippen LogP contribution is 2.36. The molecule has 1 fully saturated rings. The summed E-state index contributed by atoms with van der Waals surface area (Å²) < 4.78 is 27.3. The van der Waals surface area contributed by atoms with Gasteiger partial charge in [0.2, 0.25) is 10.0 Å². The van der Waals surface area contributed by atoms with Crippen LogP contribution in [-0.2, 0) is 10.0 Å². The second-order valence-corrected chi connectivity index (χ2v) is 8.48. The van der Waals surface area contributed by atoms with Crippen LogP contribution >= 0.6 is 31.9 Å². The quantitative estimate of drug-likeness (QED) is 0.725.